The van der Waals surface area contributed by atoms with E-state index in [9.17, 15) is 0 Å². The summed E-state index contributed by atoms with van der Waals surface area (Å²) in [5.41, 5.74) is 5.08. The van der Waals surface area contributed by atoms with E-state index >= 15 is 0 Å². The molecule has 0 amide bonds. The van der Waals surface area contributed by atoms with E-state index in [4.69, 9.17) is 5.84 Å². The fourth-order valence-corrected chi connectivity index (χ4v) is 2.49. The van der Waals surface area contributed by atoms with Crippen LogP contribution in [-0.2, 0) is 12.8 Å². The summed E-state index contributed by atoms with van der Waals surface area (Å²) >= 11 is 1.68. The van der Waals surface area contributed by atoms with Crippen LogP contribution in [0.3, 0.4) is 0 Å². The highest BCUT2D eigenvalue weighted by Crippen LogP contribution is 2.12. The number of nitrogens with zero attached hydrogens (tertiary/aromatic N) is 2. The van der Waals surface area contributed by atoms with E-state index in [0.717, 1.165) is 35.7 Å². The van der Waals surface area contributed by atoms with Crippen molar-refractivity contribution in [3.05, 3.63) is 46.2 Å². The molecule has 2 heterocycles. The predicted molar refractivity (Wildman–Crippen MR) is 74.2 cm³/mol. The molecule has 0 aliphatic heterocycles. The van der Waals surface area contributed by atoms with E-state index in [1.54, 1.807) is 11.3 Å². The topological polar surface area (TPSA) is 63.8 Å². The third kappa shape index (κ3) is 3.87. The van der Waals surface area contributed by atoms with Crippen molar-refractivity contribution in [2.24, 2.45) is 5.84 Å². The van der Waals surface area contributed by atoms with Crippen LogP contribution >= 0.6 is 11.3 Å². The molecule has 1 atom stereocenters. The summed E-state index contributed by atoms with van der Waals surface area (Å²) in [4.78, 5) is 8.77. The molecular formula is C13H18N4S. The van der Waals surface area contributed by atoms with Gasteiger partial charge in [-0.3, -0.25) is 16.3 Å². The quantitative estimate of drug-likeness (QED) is 0.616. The molecule has 0 aliphatic carbocycles. The van der Waals surface area contributed by atoms with Crippen LogP contribution in [0.4, 0.5) is 0 Å². The Hall–Kier alpha value is -1.30. The molecular weight excluding hydrogens is 244 g/mol. The summed E-state index contributed by atoms with van der Waals surface area (Å²) in [6.45, 7) is 2.02. The number of hydrogen-bond donors (Lipinski definition) is 2. The van der Waals surface area contributed by atoms with Crippen molar-refractivity contribution in [2.45, 2.75) is 32.2 Å². The molecule has 0 saturated carbocycles. The zero-order valence-corrected chi connectivity index (χ0v) is 11.3. The Morgan fingerprint density at radius 2 is 2.28 bits per heavy atom. The van der Waals surface area contributed by atoms with Crippen LogP contribution in [-0.4, -0.2) is 16.0 Å². The predicted octanol–water partition coefficient (Wildman–Crippen LogP) is 1.85. The third-order valence-corrected chi connectivity index (χ3v) is 3.66. The van der Waals surface area contributed by atoms with E-state index in [2.05, 4.69) is 20.8 Å². The zero-order valence-electron chi connectivity index (χ0n) is 10.5. The fraction of sp³-hybridized carbons (Fsp3) is 0.385. The molecule has 0 saturated heterocycles. The van der Waals surface area contributed by atoms with Crippen LogP contribution in [0.15, 0.2) is 29.8 Å². The Bertz CT molecular complexity index is 469. The van der Waals surface area contributed by atoms with Gasteiger partial charge in [-0.05, 0) is 31.9 Å². The molecule has 96 valence electrons. The summed E-state index contributed by atoms with van der Waals surface area (Å²) in [5, 5.41) is 3.20. The average Bonchev–Trinajstić information content (AvgIpc) is 2.81. The number of nitrogens with two attached hydrogens (primary N) is 1. The highest BCUT2D eigenvalue weighted by molar-refractivity contribution is 7.09. The first-order chi connectivity index (χ1) is 8.78. The number of hydrazine groups is 1. The van der Waals surface area contributed by atoms with E-state index in [1.165, 1.54) is 0 Å². The molecule has 0 aromatic carbocycles. The van der Waals surface area contributed by atoms with Gasteiger partial charge in [-0.2, -0.15) is 0 Å². The third-order valence-electron chi connectivity index (χ3n) is 2.83. The first-order valence-corrected chi connectivity index (χ1v) is 6.93. The highest BCUT2D eigenvalue weighted by Gasteiger charge is 2.10. The number of aromatic nitrogens is 2. The van der Waals surface area contributed by atoms with Gasteiger partial charge in [-0.25, -0.2) is 4.98 Å². The second-order valence-electron chi connectivity index (χ2n) is 4.29. The van der Waals surface area contributed by atoms with Crippen molar-refractivity contribution in [3.63, 3.8) is 0 Å². The van der Waals surface area contributed by atoms with Crippen molar-refractivity contribution in [1.29, 1.82) is 0 Å². The average molecular weight is 262 g/mol. The Morgan fingerprint density at radius 1 is 1.39 bits per heavy atom. The van der Waals surface area contributed by atoms with Crippen molar-refractivity contribution in [2.75, 3.05) is 0 Å². The van der Waals surface area contributed by atoms with Gasteiger partial charge >= 0.3 is 0 Å². The van der Waals surface area contributed by atoms with Crippen LogP contribution < -0.4 is 11.3 Å². The molecule has 18 heavy (non-hydrogen) atoms. The molecule has 0 radical (unpaired) electrons. The number of rotatable bonds is 6. The van der Waals surface area contributed by atoms with Crippen molar-refractivity contribution >= 4 is 11.3 Å². The number of hydrogen-bond acceptors (Lipinski definition) is 5. The molecule has 0 fully saturated rings. The van der Waals surface area contributed by atoms with Gasteiger partial charge in [0.1, 0.15) is 0 Å². The Morgan fingerprint density at radius 3 is 2.89 bits per heavy atom. The fourth-order valence-electron chi connectivity index (χ4n) is 1.87. The maximum absolute atomic E-state index is 5.60. The van der Waals surface area contributed by atoms with Gasteiger partial charge in [0.05, 0.1) is 10.7 Å². The van der Waals surface area contributed by atoms with E-state index in [1.807, 2.05) is 31.3 Å². The summed E-state index contributed by atoms with van der Waals surface area (Å²) in [5.74, 6) is 5.60. The maximum atomic E-state index is 5.60. The first-order valence-electron chi connectivity index (χ1n) is 6.05. The van der Waals surface area contributed by atoms with Gasteiger partial charge in [0.15, 0.2) is 0 Å². The van der Waals surface area contributed by atoms with Crippen molar-refractivity contribution in [3.8, 4) is 0 Å². The first kappa shape index (κ1) is 13.1. The lowest BCUT2D eigenvalue weighted by molar-refractivity contribution is 0.485. The standard InChI is InChI=1S/C13H18N4S/c1-10-16-13(9-18-10)8-12(17-14)6-5-11-4-2-3-7-15-11/h2-4,7,9,12,17H,5-6,8,14H2,1H3. The minimum atomic E-state index is 0.244. The van der Waals surface area contributed by atoms with Gasteiger partial charge in [-0.1, -0.05) is 6.07 Å². The number of aryl methyl sites for hydroxylation is 2. The summed E-state index contributed by atoms with van der Waals surface area (Å²) in [6.07, 6.45) is 4.58. The molecule has 3 N–H and O–H groups in total. The van der Waals surface area contributed by atoms with Gasteiger partial charge in [0, 0.05) is 29.7 Å². The number of nitrogens with one attached hydrogen (secondary N) is 1. The lowest BCUT2D eigenvalue weighted by Crippen LogP contribution is -2.37. The Balaban J connectivity index is 1.86. The van der Waals surface area contributed by atoms with Gasteiger partial charge in [0.25, 0.3) is 0 Å². The van der Waals surface area contributed by atoms with Crippen LogP contribution in [0.5, 0.6) is 0 Å². The van der Waals surface area contributed by atoms with Crippen molar-refractivity contribution in [1.82, 2.24) is 15.4 Å². The summed E-state index contributed by atoms with van der Waals surface area (Å²) < 4.78 is 0. The second-order valence-corrected chi connectivity index (χ2v) is 5.35. The smallest absolute Gasteiger partial charge is 0.0897 e. The molecule has 4 nitrogen and oxygen atoms in total. The molecule has 0 bridgehead atoms. The summed E-state index contributed by atoms with van der Waals surface area (Å²) in [6, 6.07) is 6.23. The lowest BCUT2D eigenvalue weighted by Gasteiger charge is -2.14. The SMILES string of the molecule is Cc1nc(CC(CCc2ccccn2)NN)cs1. The molecule has 0 aliphatic rings. The van der Waals surface area contributed by atoms with Crippen molar-refractivity contribution < 1.29 is 0 Å². The van der Waals surface area contributed by atoms with E-state index in [-0.39, 0.29) is 6.04 Å². The number of pyridine rings is 1. The van der Waals surface area contributed by atoms with E-state index < -0.39 is 0 Å². The molecule has 2 rings (SSSR count). The molecule has 5 heteroatoms. The molecule has 2 aromatic rings. The maximum Gasteiger partial charge on any atom is 0.0897 e. The molecule has 0 spiro atoms. The largest absolute Gasteiger partial charge is 0.271 e. The molecule has 2 aromatic heterocycles. The van der Waals surface area contributed by atoms with Gasteiger partial charge in [-0.15, -0.1) is 11.3 Å². The lowest BCUT2D eigenvalue weighted by atomic mass is 10.1. The van der Waals surface area contributed by atoms with Crippen LogP contribution in [0.2, 0.25) is 0 Å². The Kier molecular flexibility index (Phi) is 4.81. The van der Waals surface area contributed by atoms with Gasteiger partial charge < -0.3 is 0 Å². The number of thiazole rings is 1. The minimum Gasteiger partial charge on any atom is -0.271 e. The second kappa shape index (κ2) is 6.58. The van der Waals surface area contributed by atoms with Crippen LogP contribution in [0.1, 0.15) is 22.8 Å². The minimum absolute atomic E-state index is 0.244. The monoisotopic (exact) mass is 262 g/mol. The van der Waals surface area contributed by atoms with Crippen LogP contribution in [0.25, 0.3) is 0 Å². The highest BCUT2D eigenvalue weighted by atomic mass is 32.1. The summed E-state index contributed by atoms with van der Waals surface area (Å²) in [7, 11) is 0. The normalized spacial score (nSPS) is 12.6. The van der Waals surface area contributed by atoms with Gasteiger partial charge in [0.2, 0.25) is 0 Å². The van der Waals surface area contributed by atoms with E-state index in [0.29, 0.717) is 0 Å². The Labute approximate surface area is 111 Å². The van der Waals surface area contributed by atoms with Crippen LogP contribution in [0, 0.1) is 6.92 Å². The zero-order chi connectivity index (χ0) is 12.8. The molecule has 1 unspecified atom stereocenters.